The molecule has 0 fully saturated rings. The minimum atomic E-state index is -3.30. The first-order valence-corrected chi connectivity index (χ1v) is 9.67. The summed E-state index contributed by atoms with van der Waals surface area (Å²) >= 11 is 0. The van der Waals surface area contributed by atoms with Gasteiger partial charge >= 0.3 is 101 Å². The van der Waals surface area contributed by atoms with Crippen LogP contribution in [0, 0.1) is 0 Å². The summed E-state index contributed by atoms with van der Waals surface area (Å²) in [6.07, 6.45) is 9.26. The number of unbranched alkanes of at least 4 members (excludes halogenated alkanes) is 4. The number of hydrogen-bond donors (Lipinski definition) is 2. The van der Waals surface area contributed by atoms with E-state index in [4.69, 9.17) is 0 Å². The summed E-state index contributed by atoms with van der Waals surface area (Å²) in [5, 5.41) is 0. The standard InChI is InChI=1S/C13H31O2P/c1-4-7-10-13-16(14,15,11-8-5-2)12-9-6-3/h14-15H,4-13H2,1-3H3. The number of rotatable bonds is 10. The maximum atomic E-state index is 10.7. The van der Waals surface area contributed by atoms with Crippen molar-refractivity contribution in [1.82, 2.24) is 0 Å². The molecule has 16 heavy (non-hydrogen) atoms. The van der Waals surface area contributed by atoms with Crippen LogP contribution in [0.2, 0.25) is 0 Å². The molecule has 0 amide bonds. The molecule has 0 spiro atoms. The summed E-state index contributed by atoms with van der Waals surface area (Å²) in [6, 6.07) is 0. The minimum absolute atomic E-state index is 0.659. The Morgan fingerprint density at radius 1 is 0.625 bits per heavy atom. The van der Waals surface area contributed by atoms with Crippen LogP contribution in [0.25, 0.3) is 0 Å². The van der Waals surface area contributed by atoms with E-state index in [1.807, 2.05) is 0 Å². The molecule has 0 heterocycles. The fourth-order valence-electron chi connectivity index (χ4n) is 2.11. The fraction of sp³-hybridized carbons (Fsp3) is 1.00. The molecule has 0 saturated carbocycles. The van der Waals surface area contributed by atoms with Crippen molar-refractivity contribution in [1.29, 1.82) is 0 Å². The first-order valence-electron chi connectivity index (χ1n) is 6.97. The molecule has 100 valence electrons. The fourth-order valence-corrected chi connectivity index (χ4v) is 5.83. The van der Waals surface area contributed by atoms with Crippen molar-refractivity contribution in [3.05, 3.63) is 0 Å². The molecule has 0 aromatic rings. The van der Waals surface area contributed by atoms with Gasteiger partial charge in [0.05, 0.1) is 0 Å². The zero-order valence-corrected chi connectivity index (χ0v) is 12.3. The third kappa shape index (κ3) is 6.83. The zero-order chi connectivity index (χ0) is 12.5. The van der Waals surface area contributed by atoms with E-state index < -0.39 is 7.06 Å². The van der Waals surface area contributed by atoms with Crippen molar-refractivity contribution >= 4 is 7.06 Å². The summed E-state index contributed by atoms with van der Waals surface area (Å²) in [5.74, 6) is 0. The SMILES string of the molecule is CCCCCP(O)(O)(CCCC)CCCC. The van der Waals surface area contributed by atoms with Crippen molar-refractivity contribution in [2.45, 2.75) is 65.7 Å². The molecule has 0 aliphatic heterocycles. The van der Waals surface area contributed by atoms with E-state index in [1.165, 1.54) is 0 Å². The van der Waals surface area contributed by atoms with Crippen molar-refractivity contribution in [3.8, 4) is 0 Å². The van der Waals surface area contributed by atoms with Gasteiger partial charge in [-0.25, -0.2) is 0 Å². The molecule has 3 heteroatoms. The molecule has 2 nitrogen and oxygen atoms in total. The van der Waals surface area contributed by atoms with Crippen LogP contribution in [-0.4, -0.2) is 28.3 Å². The van der Waals surface area contributed by atoms with E-state index in [1.54, 1.807) is 0 Å². The molecule has 0 aromatic heterocycles. The third-order valence-corrected chi connectivity index (χ3v) is 7.38. The second-order valence-electron chi connectivity index (χ2n) is 5.19. The first kappa shape index (κ1) is 16.4. The van der Waals surface area contributed by atoms with Gasteiger partial charge in [-0.15, -0.1) is 0 Å². The van der Waals surface area contributed by atoms with Gasteiger partial charge < -0.3 is 0 Å². The Bertz CT molecular complexity index is 169. The van der Waals surface area contributed by atoms with Crippen LogP contribution < -0.4 is 0 Å². The van der Waals surface area contributed by atoms with Crippen molar-refractivity contribution < 1.29 is 9.79 Å². The van der Waals surface area contributed by atoms with Crippen LogP contribution in [0.15, 0.2) is 0 Å². The van der Waals surface area contributed by atoms with Gasteiger partial charge in [-0.3, -0.25) is 0 Å². The van der Waals surface area contributed by atoms with E-state index in [-0.39, 0.29) is 0 Å². The Balaban J connectivity index is 4.31. The molecule has 0 bridgehead atoms. The molecular weight excluding hydrogens is 219 g/mol. The molecule has 0 saturated heterocycles. The van der Waals surface area contributed by atoms with Gasteiger partial charge in [-0.05, 0) is 0 Å². The summed E-state index contributed by atoms with van der Waals surface area (Å²) in [6.45, 7) is 6.38. The maximum absolute atomic E-state index is 10.7. The molecule has 0 aliphatic rings. The molecule has 0 aromatic carbocycles. The summed E-state index contributed by atoms with van der Waals surface area (Å²) in [4.78, 5) is 21.3. The third-order valence-electron chi connectivity index (χ3n) is 3.33. The Morgan fingerprint density at radius 2 is 1.00 bits per heavy atom. The van der Waals surface area contributed by atoms with Gasteiger partial charge in [-0.2, -0.15) is 0 Å². The van der Waals surface area contributed by atoms with Gasteiger partial charge in [0.15, 0.2) is 0 Å². The van der Waals surface area contributed by atoms with Crippen molar-refractivity contribution in [2.75, 3.05) is 18.5 Å². The average molecular weight is 250 g/mol. The van der Waals surface area contributed by atoms with Crippen molar-refractivity contribution in [2.24, 2.45) is 0 Å². The monoisotopic (exact) mass is 250 g/mol. The average Bonchev–Trinajstić information content (AvgIpc) is 2.25. The van der Waals surface area contributed by atoms with Crippen LogP contribution in [0.4, 0.5) is 0 Å². The van der Waals surface area contributed by atoms with E-state index in [0.717, 1.165) is 44.9 Å². The molecule has 0 rings (SSSR count). The Labute approximate surface area is 102 Å². The van der Waals surface area contributed by atoms with Crippen molar-refractivity contribution in [3.63, 3.8) is 0 Å². The molecule has 0 radical (unpaired) electrons. The molecule has 0 atom stereocenters. The second-order valence-corrected chi connectivity index (χ2v) is 9.75. The predicted octanol–water partition coefficient (Wildman–Crippen LogP) is 4.14. The molecule has 0 unspecified atom stereocenters. The Morgan fingerprint density at radius 3 is 1.38 bits per heavy atom. The normalized spacial score (nSPS) is 14.7. The summed E-state index contributed by atoms with van der Waals surface area (Å²) < 4.78 is 0. The first-order chi connectivity index (χ1) is 7.46. The van der Waals surface area contributed by atoms with Crippen LogP contribution in [0.5, 0.6) is 0 Å². The molecular formula is C13H31O2P. The quantitative estimate of drug-likeness (QED) is 0.452. The van der Waals surface area contributed by atoms with E-state index in [9.17, 15) is 9.79 Å². The molecule has 0 aliphatic carbocycles. The van der Waals surface area contributed by atoms with Gasteiger partial charge in [-0.1, -0.05) is 0 Å². The van der Waals surface area contributed by atoms with Crippen LogP contribution in [-0.2, 0) is 0 Å². The second kappa shape index (κ2) is 7.63. The van der Waals surface area contributed by atoms with Gasteiger partial charge in [0.1, 0.15) is 0 Å². The van der Waals surface area contributed by atoms with Gasteiger partial charge in [0.2, 0.25) is 0 Å². The van der Waals surface area contributed by atoms with E-state index >= 15 is 0 Å². The van der Waals surface area contributed by atoms with E-state index in [2.05, 4.69) is 20.8 Å². The van der Waals surface area contributed by atoms with E-state index in [0.29, 0.717) is 18.5 Å². The van der Waals surface area contributed by atoms with Crippen LogP contribution in [0.1, 0.15) is 65.7 Å². The van der Waals surface area contributed by atoms with Gasteiger partial charge in [0, 0.05) is 0 Å². The van der Waals surface area contributed by atoms with Crippen LogP contribution >= 0.6 is 7.06 Å². The topological polar surface area (TPSA) is 40.5 Å². The molecule has 2 N–H and O–H groups in total. The Kier molecular flexibility index (Phi) is 7.80. The predicted molar refractivity (Wildman–Crippen MR) is 75.3 cm³/mol. The Hall–Kier alpha value is 0.350. The summed E-state index contributed by atoms with van der Waals surface area (Å²) in [5.41, 5.74) is 0. The van der Waals surface area contributed by atoms with Gasteiger partial charge in [0.25, 0.3) is 0 Å². The summed E-state index contributed by atoms with van der Waals surface area (Å²) in [7, 11) is -3.30. The number of hydrogen-bond acceptors (Lipinski definition) is 2. The zero-order valence-electron chi connectivity index (χ0n) is 11.4. The van der Waals surface area contributed by atoms with Crippen LogP contribution in [0.3, 0.4) is 0 Å².